The molecule has 0 saturated heterocycles. The lowest BCUT2D eigenvalue weighted by Crippen LogP contribution is -2.30. The Morgan fingerprint density at radius 3 is 1.75 bits per heavy atom. The molecule has 0 amide bonds. The van der Waals surface area contributed by atoms with Crippen LogP contribution >= 0.6 is 12.2 Å². The van der Waals surface area contributed by atoms with Crippen molar-refractivity contribution in [2.24, 2.45) is 10.8 Å². The molecule has 234 valence electrons. The zero-order valence-electron chi connectivity index (χ0n) is 27.9. The van der Waals surface area contributed by atoms with E-state index in [1.807, 2.05) is 36.4 Å². The standard InChI is InChI=1S/C36H44N2O5S/c1-33(2,3)23-15-19(16-24(42-23)34(4,5)6)13-21-27(28-30(39)37-32(41)38-31(28)40)22(29(21)44)14-20-17-25(35(7,8)9)43-26(18-20)36(10,11)12/h13-18H,1-12H3,(H2-,37,38,39,40,41,44). The Hall–Kier alpha value is -3.78. The van der Waals surface area contributed by atoms with Crippen molar-refractivity contribution in [1.82, 2.24) is 9.97 Å². The van der Waals surface area contributed by atoms with Crippen molar-refractivity contribution >= 4 is 28.7 Å². The molecule has 0 bridgehead atoms. The van der Waals surface area contributed by atoms with Crippen LogP contribution in [-0.4, -0.2) is 15.0 Å². The molecule has 0 radical (unpaired) electrons. The molecule has 1 aliphatic heterocycles. The summed E-state index contributed by atoms with van der Waals surface area (Å²) < 4.78 is 12.6. The van der Waals surface area contributed by atoms with Crippen LogP contribution in [0.4, 0.5) is 0 Å². The van der Waals surface area contributed by atoms with Crippen molar-refractivity contribution in [2.45, 2.75) is 93.9 Å². The van der Waals surface area contributed by atoms with E-state index in [0.717, 1.165) is 34.2 Å². The van der Waals surface area contributed by atoms with E-state index in [2.05, 4.69) is 93.1 Å². The minimum Gasteiger partial charge on any atom is -0.511 e. The van der Waals surface area contributed by atoms with Crippen molar-refractivity contribution in [3.63, 3.8) is 0 Å². The second kappa shape index (κ2) is 11.0. The fourth-order valence-electron chi connectivity index (χ4n) is 4.69. The molecule has 7 nitrogen and oxygen atoms in total. The normalized spacial score (nSPS) is 17.3. The first-order valence-corrected chi connectivity index (χ1v) is 15.2. The third-order valence-corrected chi connectivity index (χ3v) is 7.81. The Labute approximate surface area is 265 Å². The minimum absolute atomic E-state index is 0.101. The van der Waals surface area contributed by atoms with Gasteiger partial charge in [0.15, 0.2) is 11.2 Å². The highest BCUT2D eigenvalue weighted by atomic mass is 32.1. The van der Waals surface area contributed by atoms with Crippen molar-refractivity contribution in [3.05, 3.63) is 102 Å². The molecule has 2 aliphatic rings. The van der Waals surface area contributed by atoms with Crippen molar-refractivity contribution in [1.29, 1.82) is 0 Å². The number of ether oxygens (including phenoxy) is 1. The molecule has 2 aromatic heterocycles. The zero-order valence-corrected chi connectivity index (χ0v) is 28.7. The van der Waals surface area contributed by atoms with Crippen LogP contribution in [0.2, 0.25) is 0 Å². The maximum Gasteiger partial charge on any atom is 0.335 e. The van der Waals surface area contributed by atoms with E-state index in [-0.39, 0.29) is 27.2 Å². The first-order valence-electron chi connectivity index (χ1n) is 14.8. The van der Waals surface area contributed by atoms with Gasteiger partial charge in [-0.1, -0.05) is 53.8 Å². The molecule has 0 unspecified atom stereocenters. The zero-order chi connectivity index (χ0) is 33.2. The summed E-state index contributed by atoms with van der Waals surface area (Å²) in [5.74, 6) is 2.56. The average Bonchev–Trinajstić information content (AvgIpc) is 2.86. The summed E-state index contributed by atoms with van der Waals surface area (Å²) in [5.41, 5.74) is 0.485. The van der Waals surface area contributed by atoms with Crippen molar-refractivity contribution in [2.75, 3.05) is 0 Å². The molecule has 4 rings (SSSR count). The van der Waals surface area contributed by atoms with Gasteiger partial charge in [0.05, 0.1) is 21.3 Å². The molecule has 0 fully saturated rings. The fraction of sp³-hybridized carbons (Fsp3) is 0.444. The number of aromatic amines is 1. The van der Waals surface area contributed by atoms with E-state index >= 15 is 0 Å². The summed E-state index contributed by atoms with van der Waals surface area (Å²) in [6.45, 7) is 25.0. The van der Waals surface area contributed by atoms with E-state index in [9.17, 15) is 14.7 Å². The van der Waals surface area contributed by atoms with Crippen molar-refractivity contribution in [3.8, 4) is 5.88 Å². The van der Waals surface area contributed by atoms with Crippen LogP contribution in [0.3, 0.4) is 0 Å². The lowest BCUT2D eigenvalue weighted by molar-refractivity contribution is 0.161. The van der Waals surface area contributed by atoms with Crippen LogP contribution in [0.25, 0.3) is 11.6 Å². The summed E-state index contributed by atoms with van der Waals surface area (Å²) in [4.78, 5) is 31.4. The monoisotopic (exact) mass is 616 g/mol. The average molecular weight is 617 g/mol. The van der Waals surface area contributed by atoms with Gasteiger partial charge in [-0.15, -0.1) is 0 Å². The second-order valence-corrected chi connectivity index (χ2v) is 16.0. The molecule has 1 aliphatic carbocycles. The lowest BCUT2D eigenvalue weighted by atomic mass is 9.76. The number of nitrogens with zero attached hydrogens (tertiary/aromatic N) is 1. The first-order chi connectivity index (χ1) is 20.0. The number of rotatable bonds is 3. The molecule has 0 atom stereocenters. The van der Waals surface area contributed by atoms with Crippen LogP contribution in [0.1, 0.15) is 106 Å². The minimum atomic E-state index is -0.918. The molecule has 3 heterocycles. The van der Waals surface area contributed by atoms with Gasteiger partial charge in [-0.05, 0) is 77.0 Å². The Balaban J connectivity index is 2.03. The highest BCUT2D eigenvalue weighted by molar-refractivity contribution is 7.81. The van der Waals surface area contributed by atoms with Crippen LogP contribution in [-0.2, 0) is 15.6 Å². The second-order valence-electron chi connectivity index (χ2n) is 15.6. The van der Waals surface area contributed by atoms with Gasteiger partial charge >= 0.3 is 11.5 Å². The van der Waals surface area contributed by atoms with Crippen LogP contribution < -0.4 is 16.2 Å². The SMILES string of the molecule is CC(C)(C)C1=CC(=CC2=C(c3c(O)[n-]c(=O)[nH]c3=O)/C(=C/c3cc(C(C)(C)C)[o+]c(C(C)(C)C)c3)C2=S)C=C(C(C)(C)C)O1. The third-order valence-electron chi connectivity index (χ3n) is 7.37. The number of hydrogen-bond donors (Lipinski definition) is 2. The number of H-pyrrole nitrogens is 1. The van der Waals surface area contributed by atoms with Gasteiger partial charge in [0, 0.05) is 39.7 Å². The summed E-state index contributed by atoms with van der Waals surface area (Å²) in [6.07, 6.45) is 7.75. The summed E-state index contributed by atoms with van der Waals surface area (Å²) in [6, 6.07) is 3.94. The molecule has 2 aromatic rings. The van der Waals surface area contributed by atoms with Crippen LogP contribution in [0.15, 0.2) is 72.6 Å². The highest BCUT2D eigenvalue weighted by Crippen LogP contribution is 2.45. The van der Waals surface area contributed by atoms with Crippen molar-refractivity contribution < 1.29 is 14.3 Å². The van der Waals surface area contributed by atoms with E-state index in [0.29, 0.717) is 21.6 Å². The molecule has 2 N–H and O–H groups in total. The Kier molecular flexibility index (Phi) is 8.27. The Morgan fingerprint density at radius 1 is 0.818 bits per heavy atom. The van der Waals surface area contributed by atoms with Gasteiger partial charge < -0.3 is 19.8 Å². The van der Waals surface area contributed by atoms with E-state index in [1.165, 1.54) is 0 Å². The number of aromatic nitrogens is 2. The molecule has 0 aromatic carbocycles. The maximum atomic E-state index is 13.1. The number of thiocarbonyl (C=S) groups is 1. The van der Waals surface area contributed by atoms with Crippen LogP contribution in [0, 0.1) is 10.8 Å². The number of aromatic hydroxyl groups is 1. The maximum absolute atomic E-state index is 13.1. The summed E-state index contributed by atoms with van der Waals surface area (Å²) in [7, 11) is 0. The van der Waals surface area contributed by atoms with E-state index in [1.54, 1.807) is 0 Å². The highest BCUT2D eigenvalue weighted by Gasteiger charge is 2.36. The van der Waals surface area contributed by atoms with E-state index < -0.39 is 17.1 Å². The molecule has 0 saturated carbocycles. The number of hydrogen-bond acceptors (Lipinski definition) is 5. The Bertz CT molecular complexity index is 1750. The van der Waals surface area contributed by atoms with Gasteiger partial charge in [-0.25, -0.2) is 4.42 Å². The fourth-order valence-corrected chi connectivity index (χ4v) is 5.01. The van der Waals surface area contributed by atoms with Crippen LogP contribution in [0.5, 0.6) is 5.88 Å². The van der Waals surface area contributed by atoms with E-state index in [4.69, 9.17) is 21.4 Å². The topological polar surface area (TPSA) is 105 Å². The van der Waals surface area contributed by atoms with Gasteiger partial charge in [0.1, 0.15) is 17.4 Å². The third kappa shape index (κ3) is 6.80. The lowest BCUT2D eigenvalue weighted by Gasteiger charge is -2.33. The predicted molar refractivity (Wildman–Crippen MR) is 181 cm³/mol. The summed E-state index contributed by atoms with van der Waals surface area (Å²) >= 11 is 5.96. The van der Waals surface area contributed by atoms with Gasteiger partial charge in [0.2, 0.25) is 0 Å². The molecular formula is C36H44N2O5S. The summed E-state index contributed by atoms with van der Waals surface area (Å²) in [5, 5.41) is 10.8. The molecule has 8 heteroatoms. The number of nitrogens with one attached hydrogen (secondary N) is 1. The largest absolute Gasteiger partial charge is 0.511 e. The van der Waals surface area contributed by atoms with Gasteiger partial charge in [0.25, 0.3) is 0 Å². The smallest absolute Gasteiger partial charge is 0.335 e. The molecular weight excluding hydrogens is 572 g/mol. The quantitative estimate of drug-likeness (QED) is 0.205. The number of allylic oxidation sites excluding steroid dienone is 9. The first kappa shape index (κ1) is 33.1. The Morgan fingerprint density at radius 2 is 1.32 bits per heavy atom. The predicted octanol–water partition coefficient (Wildman–Crippen LogP) is 7.90. The van der Waals surface area contributed by atoms with Gasteiger partial charge in [-0.3, -0.25) is 9.59 Å². The molecule has 0 spiro atoms. The van der Waals surface area contributed by atoms with Gasteiger partial charge in [-0.2, -0.15) is 0 Å². The molecule has 44 heavy (non-hydrogen) atoms.